The number of ether oxygens (including phenoxy) is 2. The van der Waals surface area contributed by atoms with Crippen LogP contribution in [0.2, 0.25) is 0 Å². The van der Waals surface area contributed by atoms with Gasteiger partial charge in [0.05, 0.1) is 26.9 Å². The molecule has 2 aromatic heterocycles. The van der Waals surface area contributed by atoms with Gasteiger partial charge in [-0.15, -0.1) is 10.2 Å². The number of rotatable bonds is 7. The minimum atomic E-state index is -0.508. The van der Waals surface area contributed by atoms with E-state index in [1.54, 1.807) is 13.2 Å². The number of methoxy groups -OCH3 is 2. The highest BCUT2D eigenvalue weighted by Crippen LogP contribution is 2.25. The summed E-state index contributed by atoms with van der Waals surface area (Å²) >= 11 is 1.33. The molecule has 0 amide bonds. The second kappa shape index (κ2) is 7.89. The van der Waals surface area contributed by atoms with E-state index in [0.717, 1.165) is 11.3 Å². The maximum Gasteiger partial charge on any atom is 0.374 e. The number of hydrogen-bond acceptors (Lipinski definition) is 8. The zero-order valence-electron chi connectivity index (χ0n) is 13.7. The van der Waals surface area contributed by atoms with Crippen LogP contribution in [0.25, 0.3) is 0 Å². The van der Waals surface area contributed by atoms with Gasteiger partial charge in [-0.1, -0.05) is 23.9 Å². The molecule has 2 heterocycles. The zero-order valence-corrected chi connectivity index (χ0v) is 14.5. The monoisotopic (exact) mass is 360 g/mol. The van der Waals surface area contributed by atoms with Gasteiger partial charge >= 0.3 is 5.97 Å². The molecule has 0 N–H and O–H groups in total. The van der Waals surface area contributed by atoms with Gasteiger partial charge in [-0.25, -0.2) is 4.79 Å². The number of esters is 1. The molecule has 0 aliphatic rings. The van der Waals surface area contributed by atoms with Crippen molar-refractivity contribution in [2.75, 3.05) is 14.2 Å². The van der Waals surface area contributed by atoms with Gasteiger partial charge in [0.25, 0.3) is 5.22 Å². The first-order valence-electron chi connectivity index (χ1n) is 7.42. The number of hydrogen-bond donors (Lipinski definition) is 0. The third-order valence-electron chi connectivity index (χ3n) is 3.43. The molecule has 8 heteroatoms. The Morgan fingerprint density at radius 2 is 1.96 bits per heavy atom. The largest absolute Gasteiger partial charge is 0.497 e. The van der Waals surface area contributed by atoms with Crippen molar-refractivity contribution < 1.29 is 23.1 Å². The van der Waals surface area contributed by atoms with Crippen molar-refractivity contribution in [2.45, 2.75) is 17.4 Å². The van der Waals surface area contributed by atoms with Crippen LogP contribution in [0, 0.1) is 0 Å². The van der Waals surface area contributed by atoms with Crippen LogP contribution in [-0.4, -0.2) is 30.4 Å². The average molecular weight is 360 g/mol. The minimum Gasteiger partial charge on any atom is -0.497 e. The minimum absolute atomic E-state index is 0.188. The van der Waals surface area contributed by atoms with Gasteiger partial charge in [0.1, 0.15) is 5.75 Å². The molecule has 0 saturated carbocycles. The van der Waals surface area contributed by atoms with Crippen molar-refractivity contribution in [1.82, 2.24) is 10.2 Å². The van der Waals surface area contributed by atoms with Crippen molar-refractivity contribution in [3.05, 3.63) is 59.4 Å². The first-order chi connectivity index (χ1) is 12.2. The maximum absolute atomic E-state index is 11.6. The molecule has 0 saturated heterocycles. The fourth-order valence-electron chi connectivity index (χ4n) is 2.15. The molecule has 0 unspecified atom stereocenters. The van der Waals surface area contributed by atoms with Crippen LogP contribution >= 0.6 is 11.8 Å². The SMILES string of the molecule is COC(=O)c1occc1CSc1nnc(Cc2ccc(OC)cc2)o1. The van der Waals surface area contributed by atoms with Crippen molar-refractivity contribution in [3.63, 3.8) is 0 Å². The van der Waals surface area contributed by atoms with Gasteiger partial charge in [-0.05, 0) is 23.8 Å². The Balaban J connectivity index is 1.60. The van der Waals surface area contributed by atoms with Crippen LogP contribution in [0.15, 0.2) is 50.7 Å². The van der Waals surface area contributed by atoms with Gasteiger partial charge in [-0.2, -0.15) is 0 Å². The Kier molecular flexibility index (Phi) is 5.39. The number of furan rings is 1. The normalized spacial score (nSPS) is 10.6. The molecule has 0 aliphatic heterocycles. The summed E-state index contributed by atoms with van der Waals surface area (Å²) in [7, 11) is 2.94. The average Bonchev–Trinajstić information content (AvgIpc) is 3.29. The molecule has 0 radical (unpaired) electrons. The van der Waals surface area contributed by atoms with Gasteiger partial charge in [-0.3, -0.25) is 0 Å². The molecule has 7 nitrogen and oxygen atoms in total. The van der Waals surface area contributed by atoms with E-state index in [9.17, 15) is 4.79 Å². The van der Waals surface area contributed by atoms with Crippen LogP contribution in [0.3, 0.4) is 0 Å². The molecule has 0 fully saturated rings. The summed E-state index contributed by atoms with van der Waals surface area (Å²) in [5.41, 5.74) is 1.76. The van der Waals surface area contributed by atoms with E-state index in [2.05, 4.69) is 14.9 Å². The highest BCUT2D eigenvalue weighted by atomic mass is 32.2. The lowest BCUT2D eigenvalue weighted by Crippen LogP contribution is -2.02. The summed E-state index contributed by atoms with van der Waals surface area (Å²) in [5, 5.41) is 8.49. The molecule has 0 aliphatic carbocycles. The highest BCUT2D eigenvalue weighted by molar-refractivity contribution is 7.98. The molecule has 1 aromatic carbocycles. The summed E-state index contributed by atoms with van der Waals surface area (Å²) in [6.45, 7) is 0. The van der Waals surface area contributed by atoms with Crippen LogP contribution in [0.5, 0.6) is 5.75 Å². The molecular weight excluding hydrogens is 344 g/mol. The quantitative estimate of drug-likeness (QED) is 0.468. The van der Waals surface area contributed by atoms with Crippen LogP contribution in [-0.2, 0) is 16.9 Å². The fraction of sp³-hybridized carbons (Fsp3) is 0.235. The van der Waals surface area contributed by atoms with E-state index in [4.69, 9.17) is 13.6 Å². The summed E-state index contributed by atoms with van der Waals surface area (Å²) in [4.78, 5) is 11.6. The second-order valence-corrected chi connectivity index (χ2v) is 5.97. The van der Waals surface area contributed by atoms with Crippen LogP contribution < -0.4 is 4.74 Å². The number of aromatic nitrogens is 2. The van der Waals surface area contributed by atoms with Crippen molar-refractivity contribution in [1.29, 1.82) is 0 Å². The van der Waals surface area contributed by atoms with Crippen LogP contribution in [0.1, 0.15) is 27.6 Å². The van der Waals surface area contributed by atoms with E-state index >= 15 is 0 Å². The van der Waals surface area contributed by atoms with Crippen molar-refractivity contribution in [3.8, 4) is 5.75 Å². The smallest absolute Gasteiger partial charge is 0.374 e. The molecular formula is C17H16N2O5S. The van der Waals surface area contributed by atoms with Gasteiger partial charge in [0.15, 0.2) is 0 Å². The molecule has 0 bridgehead atoms. The molecule has 0 spiro atoms. The van der Waals surface area contributed by atoms with Crippen LogP contribution in [0.4, 0.5) is 0 Å². The summed E-state index contributed by atoms with van der Waals surface area (Å²) in [5.74, 6) is 1.46. The number of nitrogens with zero attached hydrogens (tertiary/aromatic N) is 2. The standard InChI is InChI=1S/C17H16N2O5S/c1-21-13-5-3-11(4-6-13)9-14-18-19-17(24-14)25-10-12-7-8-23-15(12)16(20)22-2/h3-8H,9-10H2,1-2H3. The number of carbonyl (C=O) groups is 1. The molecule has 0 atom stereocenters. The van der Waals surface area contributed by atoms with E-state index in [0.29, 0.717) is 28.9 Å². The summed E-state index contributed by atoms with van der Waals surface area (Å²) < 4.78 is 20.6. The predicted molar refractivity (Wildman–Crippen MR) is 89.7 cm³/mol. The van der Waals surface area contributed by atoms with E-state index in [-0.39, 0.29) is 5.76 Å². The molecule has 25 heavy (non-hydrogen) atoms. The first-order valence-corrected chi connectivity index (χ1v) is 8.41. The van der Waals surface area contributed by atoms with Crippen molar-refractivity contribution >= 4 is 17.7 Å². The molecule has 130 valence electrons. The van der Waals surface area contributed by atoms with E-state index in [1.807, 2.05) is 24.3 Å². The van der Waals surface area contributed by atoms with Crippen molar-refractivity contribution in [2.24, 2.45) is 0 Å². The Morgan fingerprint density at radius 3 is 2.68 bits per heavy atom. The van der Waals surface area contributed by atoms with Gasteiger partial charge in [0, 0.05) is 11.3 Å². The third kappa shape index (κ3) is 4.21. The fourth-order valence-corrected chi connectivity index (χ4v) is 2.91. The van der Waals surface area contributed by atoms with Gasteiger partial charge in [0.2, 0.25) is 11.7 Å². The lowest BCUT2D eigenvalue weighted by atomic mass is 10.1. The Hall–Kier alpha value is -2.74. The Morgan fingerprint density at radius 1 is 1.16 bits per heavy atom. The van der Waals surface area contributed by atoms with E-state index in [1.165, 1.54) is 25.1 Å². The topological polar surface area (TPSA) is 87.6 Å². The highest BCUT2D eigenvalue weighted by Gasteiger charge is 2.17. The third-order valence-corrected chi connectivity index (χ3v) is 4.30. The predicted octanol–water partition coefficient (Wildman–Crippen LogP) is 3.34. The zero-order chi connectivity index (χ0) is 17.6. The first kappa shape index (κ1) is 17.1. The number of carbonyl (C=O) groups excluding carboxylic acids is 1. The Bertz CT molecular complexity index is 841. The maximum atomic E-state index is 11.6. The summed E-state index contributed by atoms with van der Waals surface area (Å²) in [6.07, 6.45) is 1.99. The number of benzene rings is 1. The Labute approximate surface area is 148 Å². The lowest BCUT2D eigenvalue weighted by molar-refractivity contribution is 0.0564. The molecule has 3 aromatic rings. The lowest BCUT2D eigenvalue weighted by Gasteiger charge is -2.00. The van der Waals surface area contributed by atoms with E-state index < -0.39 is 5.97 Å². The number of thioether (sulfide) groups is 1. The summed E-state index contributed by atoms with van der Waals surface area (Å²) in [6, 6.07) is 9.38. The second-order valence-electron chi connectivity index (χ2n) is 5.04. The molecule has 3 rings (SSSR count). The van der Waals surface area contributed by atoms with Gasteiger partial charge < -0.3 is 18.3 Å².